The topological polar surface area (TPSA) is 111 Å². The molecule has 0 aromatic heterocycles. The number of benzene rings is 2. The zero-order valence-corrected chi connectivity index (χ0v) is 23.5. The van der Waals surface area contributed by atoms with Gasteiger partial charge in [0.1, 0.15) is 12.1 Å². The highest BCUT2D eigenvalue weighted by molar-refractivity contribution is 5.93. The van der Waals surface area contributed by atoms with Crippen LogP contribution < -0.4 is 16.0 Å². The van der Waals surface area contributed by atoms with Crippen LogP contribution in [-0.2, 0) is 20.8 Å². The van der Waals surface area contributed by atoms with Gasteiger partial charge in [-0.3, -0.25) is 14.4 Å². The number of nitrogens with zero attached hydrogens (tertiary/aromatic N) is 1. The van der Waals surface area contributed by atoms with Gasteiger partial charge in [0.25, 0.3) is 0 Å². The second-order valence-corrected chi connectivity index (χ2v) is 12.0. The Morgan fingerprint density at radius 3 is 2.42 bits per heavy atom. The summed E-state index contributed by atoms with van der Waals surface area (Å²) >= 11 is 0. The zero-order chi connectivity index (χ0) is 27.9. The normalized spacial score (nSPS) is 16.9. The summed E-state index contributed by atoms with van der Waals surface area (Å²) in [6.07, 6.45) is 2.39. The highest BCUT2D eigenvalue weighted by atomic mass is 16.3. The second kappa shape index (κ2) is 12.7. The molecule has 2 atom stereocenters. The molecule has 1 aliphatic rings. The van der Waals surface area contributed by atoms with Crippen molar-refractivity contribution in [2.24, 2.45) is 5.41 Å². The number of carbonyl (C=O) groups is 3. The van der Waals surface area contributed by atoms with E-state index in [1.807, 2.05) is 63.2 Å². The van der Waals surface area contributed by atoms with Crippen LogP contribution in [0.15, 0.2) is 42.5 Å². The highest BCUT2D eigenvalue weighted by Crippen LogP contribution is 2.26. The summed E-state index contributed by atoms with van der Waals surface area (Å²) in [5, 5.41) is 21.1. The van der Waals surface area contributed by atoms with Crippen molar-refractivity contribution in [1.82, 2.24) is 20.9 Å². The summed E-state index contributed by atoms with van der Waals surface area (Å²) < 4.78 is 0. The van der Waals surface area contributed by atoms with Crippen molar-refractivity contribution >= 4 is 28.5 Å². The number of likely N-dealkylation sites (tertiary alicyclic amines) is 1. The van der Waals surface area contributed by atoms with Gasteiger partial charge in [-0.25, -0.2) is 0 Å². The van der Waals surface area contributed by atoms with Crippen molar-refractivity contribution < 1.29 is 19.5 Å². The standard InChI is InChI=1S/C30H44N4O4/c1-29(2,3)28(37)34-17-8-12-25(34)27(36)33-24(26(35)32-16-9-15-31-20-30(4,5)38)19-21-13-14-22-10-6-7-11-23(22)18-21/h6-7,10-11,13-14,18,24-25,31,38H,8-9,12,15-17,19-20H2,1-5H3,(H,32,35)(H,33,36)/t24-,25?/m1/s1. The summed E-state index contributed by atoms with van der Waals surface area (Å²) in [7, 11) is 0. The van der Waals surface area contributed by atoms with E-state index in [1.165, 1.54) is 0 Å². The maximum atomic E-state index is 13.4. The average Bonchev–Trinajstić information content (AvgIpc) is 3.33. The molecule has 1 saturated heterocycles. The first kappa shape index (κ1) is 29.6. The Labute approximate surface area is 226 Å². The molecule has 208 valence electrons. The lowest BCUT2D eigenvalue weighted by Crippen LogP contribution is -2.55. The molecule has 0 bridgehead atoms. The molecular formula is C30H44N4O4. The molecule has 3 rings (SSSR count). The van der Waals surface area contributed by atoms with Crippen molar-refractivity contribution in [2.45, 2.75) is 78.0 Å². The first-order valence-electron chi connectivity index (χ1n) is 13.6. The van der Waals surface area contributed by atoms with Crippen molar-refractivity contribution in [3.8, 4) is 0 Å². The maximum absolute atomic E-state index is 13.4. The summed E-state index contributed by atoms with van der Waals surface area (Å²) in [5.74, 6) is -0.585. The number of hydrogen-bond acceptors (Lipinski definition) is 5. The third kappa shape index (κ3) is 8.53. The lowest BCUT2D eigenvalue weighted by atomic mass is 9.94. The van der Waals surface area contributed by atoms with E-state index >= 15 is 0 Å². The fraction of sp³-hybridized carbons (Fsp3) is 0.567. The summed E-state index contributed by atoms with van der Waals surface area (Å²) in [4.78, 5) is 41.3. The fourth-order valence-corrected chi connectivity index (χ4v) is 4.73. The Hall–Kier alpha value is -2.97. The maximum Gasteiger partial charge on any atom is 0.243 e. The molecule has 0 aliphatic carbocycles. The number of hydrogen-bond donors (Lipinski definition) is 4. The van der Waals surface area contributed by atoms with Gasteiger partial charge in [-0.05, 0) is 56.0 Å². The molecule has 0 spiro atoms. The third-order valence-electron chi connectivity index (χ3n) is 6.73. The molecule has 1 fully saturated rings. The predicted molar refractivity (Wildman–Crippen MR) is 151 cm³/mol. The minimum absolute atomic E-state index is 0.0516. The molecule has 1 aliphatic heterocycles. The summed E-state index contributed by atoms with van der Waals surface area (Å²) in [6, 6.07) is 12.8. The van der Waals surface area contributed by atoms with E-state index in [-0.39, 0.29) is 17.7 Å². The van der Waals surface area contributed by atoms with E-state index in [2.05, 4.69) is 16.0 Å². The van der Waals surface area contributed by atoms with Crippen molar-refractivity contribution in [3.63, 3.8) is 0 Å². The molecular weight excluding hydrogens is 480 g/mol. The molecule has 1 unspecified atom stereocenters. The highest BCUT2D eigenvalue weighted by Gasteiger charge is 2.39. The number of carbonyl (C=O) groups excluding carboxylic acids is 3. The number of amides is 3. The van der Waals surface area contributed by atoms with Gasteiger partial charge in [-0.1, -0.05) is 63.2 Å². The van der Waals surface area contributed by atoms with Crippen molar-refractivity contribution in [2.75, 3.05) is 26.2 Å². The molecule has 1 heterocycles. The van der Waals surface area contributed by atoms with Crippen molar-refractivity contribution in [3.05, 3.63) is 48.0 Å². The quantitative estimate of drug-likeness (QED) is 0.338. The van der Waals surface area contributed by atoms with Gasteiger partial charge in [0, 0.05) is 31.5 Å². The summed E-state index contributed by atoms with van der Waals surface area (Å²) in [5.41, 5.74) is -0.421. The third-order valence-corrected chi connectivity index (χ3v) is 6.73. The molecule has 0 radical (unpaired) electrons. The Kier molecular flexibility index (Phi) is 9.90. The molecule has 8 heteroatoms. The van der Waals surface area contributed by atoms with Crippen LogP contribution in [0.3, 0.4) is 0 Å². The minimum atomic E-state index is -0.791. The van der Waals surface area contributed by atoms with Gasteiger partial charge in [0.15, 0.2) is 0 Å². The first-order valence-corrected chi connectivity index (χ1v) is 13.6. The molecule has 0 saturated carbocycles. The Morgan fingerprint density at radius 1 is 1.03 bits per heavy atom. The van der Waals surface area contributed by atoms with Gasteiger partial charge in [0.05, 0.1) is 5.60 Å². The van der Waals surface area contributed by atoms with Crippen LogP contribution in [0.2, 0.25) is 0 Å². The van der Waals surface area contributed by atoms with Crippen molar-refractivity contribution in [1.29, 1.82) is 0 Å². The van der Waals surface area contributed by atoms with Gasteiger partial charge in [-0.2, -0.15) is 0 Å². The van der Waals surface area contributed by atoms with Gasteiger partial charge >= 0.3 is 0 Å². The number of aliphatic hydroxyl groups is 1. The van der Waals surface area contributed by atoms with Gasteiger partial charge < -0.3 is 26.0 Å². The Morgan fingerprint density at radius 2 is 1.74 bits per heavy atom. The molecule has 38 heavy (non-hydrogen) atoms. The molecule has 3 amide bonds. The van der Waals surface area contributed by atoms with E-state index in [0.717, 1.165) is 22.8 Å². The summed E-state index contributed by atoms with van der Waals surface area (Å²) in [6.45, 7) is 11.2. The number of rotatable bonds is 11. The van der Waals surface area contributed by atoms with E-state index in [0.29, 0.717) is 45.4 Å². The Balaban J connectivity index is 1.69. The first-order chi connectivity index (χ1) is 17.8. The van der Waals surface area contributed by atoms with Gasteiger partial charge in [0.2, 0.25) is 17.7 Å². The van der Waals surface area contributed by atoms with Crippen LogP contribution in [0, 0.1) is 5.41 Å². The Bertz CT molecular complexity index is 1120. The smallest absolute Gasteiger partial charge is 0.243 e. The van der Waals surface area contributed by atoms with Crippen LogP contribution in [-0.4, -0.2) is 71.6 Å². The predicted octanol–water partition coefficient (Wildman–Crippen LogP) is 2.77. The second-order valence-electron chi connectivity index (χ2n) is 12.0. The monoisotopic (exact) mass is 524 g/mol. The SMILES string of the molecule is CC(C)(O)CNCCCNC(=O)[C@@H](Cc1ccc2ccccc2c1)NC(=O)C1CCCN1C(=O)C(C)(C)C. The van der Waals surface area contributed by atoms with Crippen LogP contribution >= 0.6 is 0 Å². The number of nitrogens with one attached hydrogen (secondary N) is 3. The van der Waals surface area contributed by atoms with Crippen LogP contribution in [0.1, 0.15) is 59.4 Å². The van der Waals surface area contributed by atoms with E-state index < -0.39 is 23.1 Å². The van der Waals surface area contributed by atoms with Crippen LogP contribution in [0.5, 0.6) is 0 Å². The molecule has 2 aromatic rings. The molecule has 2 aromatic carbocycles. The number of fused-ring (bicyclic) bond motifs is 1. The van der Waals surface area contributed by atoms with Crippen LogP contribution in [0.4, 0.5) is 0 Å². The van der Waals surface area contributed by atoms with E-state index in [4.69, 9.17) is 0 Å². The lowest BCUT2D eigenvalue weighted by Gasteiger charge is -2.31. The van der Waals surface area contributed by atoms with Crippen LogP contribution in [0.25, 0.3) is 10.8 Å². The van der Waals surface area contributed by atoms with E-state index in [1.54, 1.807) is 18.7 Å². The molecule has 8 nitrogen and oxygen atoms in total. The minimum Gasteiger partial charge on any atom is -0.389 e. The van der Waals surface area contributed by atoms with E-state index in [9.17, 15) is 19.5 Å². The zero-order valence-electron chi connectivity index (χ0n) is 23.5. The average molecular weight is 525 g/mol. The molecule has 4 N–H and O–H groups in total. The lowest BCUT2D eigenvalue weighted by molar-refractivity contribution is -0.145. The fourth-order valence-electron chi connectivity index (χ4n) is 4.73. The van der Waals surface area contributed by atoms with Gasteiger partial charge in [-0.15, -0.1) is 0 Å². The largest absolute Gasteiger partial charge is 0.389 e.